The van der Waals surface area contributed by atoms with Crippen LogP contribution < -0.4 is 4.74 Å². The Kier molecular flexibility index (Phi) is 4.98. The van der Waals surface area contributed by atoms with Gasteiger partial charge in [0.25, 0.3) is 0 Å². The van der Waals surface area contributed by atoms with E-state index in [4.69, 9.17) is 4.74 Å². The van der Waals surface area contributed by atoms with Gasteiger partial charge in [0, 0.05) is 43.0 Å². The van der Waals surface area contributed by atoms with Crippen molar-refractivity contribution < 1.29 is 4.74 Å². The molecule has 0 aliphatic heterocycles. The molecule has 0 spiro atoms. The molecule has 0 fully saturated rings. The predicted molar refractivity (Wildman–Crippen MR) is 118 cm³/mol. The molecule has 0 bridgehead atoms. The molecule has 1 N–H and O–H groups in total. The van der Waals surface area contributed by atoms with Crippen molar-refractivity contribution in [2.24, 2.45) is 7.05 Å². The Bertz CT molecular complexity index is 1290. The van der Waals surface area contributed by atoms with Crippen LogP contribution in [-0.4, -0.2) is 29.7 Å². The standard InChI is InChI=1S/C24H20N6O/c1-30-13-12-27-23(30)16-31-19-7-5-17(6-8-19)22-14-18(9-11-26-22)20-15-28-29-24(20)21-4-2-3-10-25-21/h2-15H,16H2,1H3,(H,28,29). The average molecular weight is 408 g/mol. The van der Waals surface area contributed by atoms with Crippen LogP contribution in [0.2, 0.25) is 0 Å². The van der Waals surface area contributed by atoms with Crippen molar-refractivity contribution in [2.75, 3.05) is 0 Å². The molecule has 31 heavy (non-hydrogen) atoms. The molecule has 0 aliphatic rings. The third-order valence-electron chi connectivity index (χ3n) is 5.07. The minimum atomic E-state index is 0.424. The Morgan fingerprint density at radius 3 is 2.52 bits per heavy atom. The smallest absolute Gasteiger partial charge is 0.146 e. The van der Waals surface area contributed by atoms with E-state index < -0.39 is 0 Å². The van der Waals surface area contributed by atoms with Crippen molar-refractivity contribution in [3.05, 3.63) is 91.4 Å². The van der Waals surface area contributed by atoms with Crippen LogP contribution in [0.1, 0.15) is 5.82 Å². The zero-order chi connectivity index (χ0) is 21.0. The van der Waals surface area contributed by atoms with E-state index in [9.17, 15) is 0 Å². The first kappa shape index (κ1) is 18.7. The Morgan fingerprint density at radius 1 is 0.871 bits per heavy atom. The SMILES string of the molecule is Cn1ccnc1COc1ccc(-c2cc(-c3cn[nH]c3-c3ccccn3)ccn2)cc1. The molecule has 4 heterocycles. The van der Waals surface area contributed by atoms with E-state index >= 15 is 0 Å². The third-order valence-corrected chi connectivity index (χ3v) is 5.07. The summed E-state index contributed by atoms with van der Waals surface area (Å²) in [6, 6.07) is 17.8. The number of hydrogen-bond donors (Lipinski definition) is 1. The summed E-state index contributed by atoms with van der Waals surface area (Å²) in [5.74, 6) is 1.66. The first-order chi connectivity index (χ1) is 15.3. The van der Waals surface area contributed by atoms with Crippen LogP contribution in [0.3, 0.4) is 0 Å². The van der Waals surface area contributed by atoms with Gasteiger partial charge in [0.05, 0.1) is 23.3 Å². The van der Waals surface area contributed by atoms with Crippen LogP contribution in [0.4, 0.5) is 0 Å². The Balaban J connectivity index is 1.38. The predicted octanol–water partition coefficient (Wildman–Crippen LogP) is 4.51. The molecule has 152 valence electrons. The van der Waals surface area contributed by atoms with Crippen molar-refractivity contribution in [3.8, 4) is 39.5 Å². The highest BCUT2D eigenvalue weighted by Crippen LogP contribution is 2.31. The van der Waals surface area contributed by atoms with Crippen molar-refractivity contribution in [1.82, 2.24) is 29.7 Å². The quantitative estimate of drug-likeness (QED) is 0.447. The number of aromatic amines is 1. The maximum Gasteiger partial charge on any atom is 0.146 e. The number of pyridine rings is 2. The molecule has 1 aromatic carbocycles. The number of nitrogens with zero attached hydrogens (tertiary/aromatic N) is 5. The zero-order valence-electron chi connectivity index (χ0n) is 16.9. The number of rotatable bonds is 6. The van der Waals surface area contributed by atoms with Gasteiger partial charge in [0.15, 0.2) is 0 Å². The first-order valence-electron chi connectivity index (χ1n) is 9.88. The number of ether oxygens (including phenoxy) is 1. The highest BCUT2D eigenvalue weighted by atomic mass is 16.5. The number of imidazole rings is 1. The van der Waals surface area contributed by atoms with E-state index in [-0.39, 0.29) is 0 Å². The van der Waals surface area contributed by atoms with Crippen LogP contribution in [0.25, 0.3) is 33.8 Å². The molecule has 7 heteroatoms. The van der Waals surface area contributed by atoms with Gasteiger partial charge in [-0.15, -0.1) is 0 Å². The van der Waals surface area contributed by atoms with Crippen molar-refractivity contribution in [2.45, 2.75) is 6.61 Å². The lowest BCUT2D eigenvalue weighted by Crippen LogP contribution is -2.02. The second kappa shape index (κ2) is 8.23. The minimum absolute atomic E-state index is 0.424. The van der Waals surface area contributed by atoms with Gasteiger partial charge in [-0.05, 0) is 54.1 Å². The molecule has 0 unspecified atom stereocenters. The second-order valence-corrected chi connectivity index (χ2v) is 7.07. The highest BCUT2D eigenvalue weighted by molar-refractivity contribution is 5.80. The van der Waals surface area contributed by atoms with Crippen LogP contribution in [-0.2, 0) is 13.7 Å². The van der Waals surface area contributed by atoms with Crippen LogP contribution >= 0.6 is 0 Å². The molecule has 4 aromatic heterocycles. The summed E-state index contributed by atoms with van der Waals surface area (Å²) in [4.78, 5) is 13.3. The van der Waals surface area contributed by atoms with Gasteiger partial charge < -0.3 is 9.30 Å². The summed E-state index contributed by atoms with van der Waals surface area (Å²) < 4.78 is 7.79. The van der Waals surface area contributed by atoms with Gasteiger partial charge in [0.1, 0.15) is 18.2 Å². The molecule has 0 aliphatic carbocycles. The topological polar surface area (TPSA) is 81.5 Å². The number of H-pyrrole nitrogens is 1. The summed E-state index contributed by atoms with van der Waals surface area (Å²) in [7, 11) is 1.95. The lowest BCUT2D eigenvalue weighted by molar-refractivity contribution is 0.292. The fourth-order valence-corrected chi connectivity index (χ4v) is 3.37. The van der Waals surface area contributed by atoms with Gasteiger partial charge in [-0.1, -0.05) is 6.07 Å². The Morgan fingerprint density at radius 2 is 1.74 bits per heavy atom. The third kappa shape index (κ3) is 3.93. The van der Waals surface area contributed by atoms with Crippen LogP contribution in [0.15, 0.2) is 85.6 Å². The normalized spacial score (nSPS) is 10.9. The lowest BCUT2D eigenvalue weighted by Gasteiger charge is -2.08. The molecule has 0 saturated carbocycles. The number of aromatic nitrogens is 6. The number of nitrogens with one attached hydrogen (secondary N) is 1. The lowest BCUT2D eigenvalue weighted by atomic mass is 10.0. The van der Waals surface area contributed by atoms with E-state index in [1.807, 2.05) is 78.7 Å². The maximum atomic E-state index is 5.85. The second-order valence-electron chi connectivity index (χ2n) is 7.07. The average Bonchev–Trinajstić information content (AvgIpc) is 3.48. The maximum absolute atomic E-state index is 5.85. The first-order valence-corrected chi connectivity index (χ1v) is 9.88. The van der Waals surface area contributed by atoms with Gasteiger partial charge in [-0.25, -0.2) is 4.98 Å². The highest BCUT2D eigenvalue weighted by Gasteiger charge is 2.12. The van der Waals surface area contributed by atoms with E-state index in [0.717, 1.165) is 45.3 Å². The molecule has 0 atom stereocenters. The van der Waals surface area contributed by atoms with Gasteiger partial charge in [-0.3, -0.25) is 15.1 Å². The zero-order valence-corrected chi connectivity index (χ0v) is 16.9. The number of aryl methyl sites for hydroxylation is 1. The molecule has 0 saturated heterocycles. The van der Waals surface area contributed by atoms with E-state index in [1.165, 1.54) is 0 Å². The fraction of sp³-hybridized carbons (Fsp3) is 0.0833. The molecule has 5 aromatic rings. The molecular formula is C24H20N6O. The van der Waals surface area contributed by atoms with Crippen molar-refractivity contribution >= 4 is 0 Å². The number of benzene rings is 1. The summed E-state index contributed by atoms with van der Waals surface area (Å²) in [5, 5.41) is 7.29. The monoisotopic (exact) mass is 408 g/mol. The minimum Gasteiger partial charge on any atom is -0.486 e. The van der Waals surface area contributed by atoms with E-state index in [0.29, 0.717) is 6.61 Å². The van der Waals surface area contributed by atoms with E-state index in [2.05, 4.69) is 31.2 Å². The van der Waals surface area contributed by atoms with Gasteiger partial charge in [0.2, 0.25) is 0 Å². The summed E-state index contributed by atoms with van der Waals surface area (Å²) in [5.41, 5.74) is 5.63. The molecule has 0 radical (unpaired) electrons. The van der Waals surface area contributed by atoms with E-state index in [1.54, 1.807) is 12.4 Å². The fourth-order valence-electron chi connectivity index (χ4n) is 3.37. The van der Waals surface area contributed by atoms with Crippen molar-refractivity contribution in [3.63, 3.8) is 0 Å². The van der Waals surface area contributed by atoms with Gasteiger partial charge >= 0.3 is 0 Å². The van der Waals surface area contributed by atoms with Crippen LogP contribution in [0.5, 0.6) is 5.75 Å². The van der Waals surface area contributed by atoms with Crippen molar-refractivity contribution in [1.29, 1.82) is 0 Å². The Hall–Kier alpha value is -4.26. The largest absolute Gasteiger partial charge is 0.486 e. The Labute approximate surface area is 179 Å². The molecular weight excluding hydrogens is 388 g/mol. The van der Waals surface area contributed by atoms with Gasteiger partial charge in [-0.2, -0.15) is 5.10 Å². The number of hydrogen-bond acceptors (Lipinski definition) is 5. The summed E-state index contributed by atoms with van der Waals surface area (Å²) in [6.07, 6.45) is 9.07. The molecule has 0 amide bonds. The summed E-state index contributed by atoms with van der Waals surface area (Å²) >= 11 is 0. The summed E-state index contributed by atoms with van der Waals surface area (Å²) in [6.45, 7) is 0.424. The molecule has 5 rings (SSSR count). The molecule has 7 nitrogen and oxygen atoms in total. The van der Waals surface area contributed by atoms with Crippen LogP contribution in [0, 0.1) is 0 Å².